The first-order valence-electron chi connectivity index (χ1n) is 6.61. The molecule has 1 amide bonds. The van der Waals surface area contributed by atoms with E-state index in [0.29, 0.717) is 17.9 Å². The monoisotopic (exact) mass is 279 g/mol. The molecule has 0 aliphatic heterocycles. The van der Waals surface area contributed by atoms with E-state index < -0.39 is 11.4 Å². The van der Waals surface area contributed by atoms with Crippen molar-refractivity contribution in [3.63, 3.8) is 0 Å². The van der Waals surface area contributed by atoms with Crippen LogP contribution in [0.1, 0.15) is 37.6 Å². The van der Waals surface area contributed by atoms with Gasteiger partial charge in [0.05, 0.1) is 12.0 Å². The fraction of sp³-hybridized carbons (Fsp3) is 0.467. The summed E-state index contributed by atoms with van der Waals surface area (Å²) in [4.78, 5) is 23.0. The molecule has 0 heterocycles. The average Bonchev–Trinajstić information content (AvgIpc) is 2.42. The molecular weight excluding hydrogens is 258 g/mol. The molecule has 5 nitrogen and oxygen atoms in total. The molecule has 1 aromatic rings. The van der Waals surface area contributed by atoms with Crippen molar-refractivity contribution < 1.29 is 19.4 Å². The van der Waals surface area contributed by atoms with Crippen LogP contribution in [0.15, 0.2) is 24.3 Å². The van der Waals surface area contributed by atoms with E-state index in [4.69, 9.17) is 9.84 Å². The zero-order valence-electron chi connectivity index (χ0n) is 12.1. The second-order valence-electron chi connectivity index (χ2n) is 5.25. The van der Waals surface area contributed by atoms with Gasteiger partial charge in [-0.25, -0.2) is 0 Å². The molecule has 1 aromatic carbocycles. The van der Waals surface area contributed by atoms with Crippen LogP contribution in [-0.2, 0) is 4.79 Å². The summed E-state index contributed by atoms with van der Waals surface area (Å²) in [6.07, 6.45) is 0.892. The van der Waals surface area contributed by atoms with Crippen molar-refractivity contribution in [3.8, 4) is 5.75 Å². The SMILES string of the molecule is CCCOc1cccc(C(=O)NCC(C)(C)C(=O)O)c1. The fourth-order valence-electron chi connectivity index (χ4n) is 1.43. The number of carbonyl (C=O) groups is 2. The van der Waals surface area contributed by atoms with Crippen molar-refractivity contribution in [2.24, 2.45) is 5.41 Å². The topological polar surface area (TPSA) is 75.6 Å². The quantitative estimate of drug-likeness (QED) is 0.803. The summed E-state index contributed by atoms with van der Waals surface area (Å²) in [5.74, 6) is -0.615. The third-order valence-electron chi connectivity index (χ3n) is 2.84. The van der Waals surface area contributed by atoms with Gasteiger partial charge in [-0.3, -0.25) is 9.59 Å². The Bertz CT molecular complexity index is 483. The summed E-state index contributed by atoms with van der Waals surface area (Å²) < 4.78 is 5.46. The lowest BCUT2D eigenvalue weighted by molar-refractivity contribution is -0.146. The molecule has 0 spiro atoms. The number of rotatable bonds is 7. The number of carboxylic acids is 1. The Morgan fingerprint density at radius 3 is 2.65 bits per heavy atom. The van der Waals surface area contributed by atoms with Gasteiger partial charge < -0.3 is 15.2 Å². The number of benzene rings is 1. The van der Waals surface area contributed by atoms with E-state index in [1.54, 1.807) is 38.1 Å². The van der Waals surface area contributed by atoms with Crippen LogP contribution in [0.25, 0.3) is 0 Å². The van der Waals surface area contributed by atoms with E-state index in [0.717, 1.165) is 6.42 Å². The Hall–Kier alpha value is -2.04. The van der Waals surface area contributed by atoms with E-state index in [-0.39, 0.29) is 12.5 Å². The first-order chi connectivity index (χ1) is 9.36. The van der Waals surface area contributed by atoms with Gasteiger partial charge in [0.1, 0.15) is 5.75 Å². The Labute approximate surface area is 118 Å². The highest BCUT2D eigenvalue weighted by Gasteiger charge is 2.27. The van der Waals surface area contributed by atoms with E-state index in [1.165, 1.54) is 0 Å². The van der Waals surface area contributed by atoms with Crippen molar-refractivity contribution in [2.75, 3.05) is 13.2 Å². The summed E-state index contributed by atoms with van der Waals surface area (Å²) in [7, 11) is 0. The van der Waals surface area contributed by atoms with E-state index >= 15 is 0 Å². The maximum atomic E-state index is 12.0. The van der Waals surface area contributed by atoms with Crippen LogP contribution in [0.2, 0.25) is 0 Å². The number of hydrogen-bond donors (Lipinski definition) is 2. The van der Waals surface area contributed by atoms with Crippen LogP contribution < -0.4 is 10.1 Å². The van der Waals surface area contributed by atoms with Crippen LogP contribution in [0.3, 0.4) is 0 Å². The lowest BCUT2D eigenvalue weighted by Gasteiger charge is -2.19. The largest absolute Gasteiger partial charge is 0.494 e. The van der Waals surface area contributed by atoms with E-state index in [1.807, 2.05) is 6.92 Å². The lowest BCUT2D eigenvalue weighted by Crippen LogP contribution is -2.38. The second kappa shape index (κ2) is 6.93. The highest BCUT2D eigenvalue weighted by molar-refractivity contribution is 5.94. The number of aliphatic carboxylic acids is 1. The third kappa shape index (κ3) is 4.57. The van der Waals surface area contributed by atoms with Crippen LogP contribution in [0.4, 0.5) is 0 Å². The Kier molecular flexibility index (Phi) is 5.55. The van der Waals surface area contributed by atoms with Gasteiger partial charge in [0.25, 0.3) is 5.91 Å². The minimum absolute atomic E-state index is 0.0706. The second-order valence-corrected chi connectivity index (χ2v) is 5.25. The van der Waals surface area contributed by atoms with Crippen molar-refractivity contribution in [1.29, 1.82) is 0 Å². The predicted octanol–water partition coefficient (Wildman–Crippen LogP) is 2.32. The molecule has 5 heteroatoms. The Balaban J connectivity index is 2.66. The molecule has 0 radical (unpaired) electrons. The number of carbonyl (C=O) groups excluding carboxylic acids is 1. The summed E-state index contributed by atoms with van der Waals surface area (Å²) >= 11 is 0. The van der Waals surface area contributed by atoms with Crippen molar-refractivity contribution in [1.82, 2.24) is 5.32 Å². The van der Waals surface area contributed by atoms with Crippen LogP contribution in [0, 0.1) is 5.41 Å². The highest BCUT2D eigenvalue weighted by Crippen LogP contribution is 2.16. The number of carboxylic acid groups (broad SMARTS) is 1. The normalized spacial score (nSPS) is 10.9. The van der Waals surface area contributed by atoms with Gasteiger partial charge in [-0.15, -0.1) is 0 Å². The molecule has 0 saturated carbocycles. The molecule has 0 unspecified atom stereocenters. The Morgan fingerprint density at radius 2 is 2.05 bits per heavy atom. The highest BCUT2D eigenvalue weighted by atomic mass is 16.5. The summed E-state index contributed by atoms with van der Waals surface area (Å²) in [5.41, 5.74) is -0.536. The maximum Gasteiger partial charge on any atom is 0.310 e. The van der Waals surface area contributed by atoms with Gasteiger partial charge in [-0.1, -0.05) is 13.0 Å². The zero-order valence-corrected chi connectivity index (χ0v) is 12.1. The first-order valence-corrected chi connectivity index (χ1v) is 6.61. The molecule has 0 bridgehead atoms. The number of nitrogens with one attached hydrogen (secondary N) is 1. The van der Waals surface area contributed by atoms with Gasteiger partial charge in [0, 0.05) is 12.1 Å². The molecule has 1 rings (SSSR count). The molecule has 0 aliphatic carbocycles. The van der Waals surface area contributed by atoms with Gasteiger partial charge in [0.15, 0.2) is 0 Å². The molecule has 0 atom stereocenters. The smallest absolute Gasteiger partial charge is 0.310 e. The number of ether oxygens (including phenoxy) is 1. The average molecular weight is 279 g/mol. The van der Waals surface area contributed by atoms with Crippen molar-refractivity contribution in [2.45, 2.75) is 27.2 Å². The van der Waals surface area contributed by atoms with Crippen LogP contribution in [0.5, 0.6) is 5.75 Å². The Morgan fingerprint density at radius 1 is 1.35 bits per heavy atom. The van der Waals surface area contributed by atoms with Gasteiger partial charge >= 0.3 is 5.97 Å². The molecular formula is C15H21NO4. The molecule has 2 N–H and O–H groups in total. The van der Waals surface area contributed by atoms with E-state index in [2.05, 4.69) is 5.32 Å². The molecule has 20 heavy (non-hydrogen) atoms. The predicted molar refractivity (Wildman–Crippen MR) is 76.0 cm³/mol. The maximum absolute atomic E-state index is 12.0. The molecule has 0 aliphatic rings. The van der Waals surface area contributed by atoms with Gasteiger partial charge in [-0.2, -0.15) is 0 Å². The molecule has 0 saturated heterocycles. The lowest BCUT2D eigenvalue weighted by atomic mass is 9.94. The van der Waals surface area contributed by atoms with Crippen molar-refractivity contribution >= 4 is 11.9 Å². The minimum Gasteiger partial charge on any atom is -0.494 e. The van der Waals surface area contributed by atoms with E-state index in [9.17, 15) is 9.59 Å². The van der Waals surface area contributed by atoms with Gasteiger partial charge in [-0.05, 0) is 38.5 Å². The standard InChI is InChI=1S/C15H21NO4/c1-4-8-20-12-7-5-6-11(9-12)13(17)16-10-15(2,3)14(18)19/h5-7,9H,4,8,10H2,1-3H3,(H,16,17)(H,18,19). The number of hydrogen-bond acceptors (Lipinski definition) is 3. The summed E-state index contributed by atoms with van der Waals surface area (Å²) in [6.45, 7) is 5.80. The molecule has 0 fully saturated rings. The molecule has 0 aromatic heterocycles. The summed E-state index contributed by atoms with van der Waals surface area (Å²) in [6, 6.07) is 6.84. The first kappa shape index (κ1) is 16.0. The molecule has 110 valence electrons. The van der Waals surface area contributed by atoms with Crippen LogP contribution in [-0.4, -0.2) is 30.1 Å². The summed E-state index contributed by atoms with van der Waals surface area (Å²) in [5, 5.41) is 11.6. The zero-order chi connectivity index (χ0) is 15.2. The van der Waals surface area contributed by atoms with Crippen LogP contribution >= 0.6 is 0 Å². The van der Waals surface area contributed by atoms with Crippen molar-refractivity contribution in [3.05, 3.63) is 29.8 Å². The number of amides is 1. The van der Waals surface area contributed by atoms with Gasteiger partial charge in [0.2, 0.25) is 0 Å². The minimum atomic E-state index is -0.994. The fourth-order valence-corrected chi connectivity index (χ4v) is 1.43. The third-order valence-corrected chi connectivity index (χ3v) is 2.84.